The second kappa shape index (κ2) is 10.9. The lowest BCUT2D eigenvalue weighted by atomic mass is 9.95. The quantitative estimate of drug-likeness (QED) is 0.135. The molecule has 1 aromatic heterocycles. The largest absolute Gasteiger partial charge is 0.477 e. The van der Waals surface area contributed by atoms with Crippen LogP contribution in [0.3, 0.4) is 0 Å². The van der Waals surface area contributed by atoms with Crippen molar-refractivity contribution < 1.29 is 34.1 Å². The lowest BCUT2D eigenvalue weighted by Gasteiger charge is -2.56. The maximum Gasteiger partial charge on any atom is 0.352 e. The molecule has 1 fully saturated rings. The molecule has 0 bridgehead atoms. The molecule has 2 aromatic rings. The van der Waals surface area contributed by atoms with Crippen LogP contribution >= 0.6 is 23.5 Å². The van der Waals surface area contributed by atoms with Gasteiger partial charge in [0.1, 0.15) is 11.1 Å². The van der Waals surface area contributed by atoms with Crippen LogP contribution in [0.2, 0.25) is 0 Å². The summed E-state index contributed by atoms with van der Waals surface area (Å²) in [5, 5.41) is 35.2. The van der Waals surface area contributed by atoms with Gasteiger partial charge in [0.05, 0.1) is 0 Å². The molecule has 37 heavy (non-hydrogen) atoms. The number of hydrogen-bond donors (Lipinski definition) is 5. The van der Waals surface area contributed by atoms with Crippen molar-refractivity contribution in [2.24, 2.45) is 5.73 Å². The normalized spacial score (nSPS) is 22.6. The van der Waals surface area contributed by atoms with E-state index in [0.717, 1.165) is 16.7 Å². The molecule has 16 heteroatoms. The topological polar surface area (TPSA) is 214 Å². The van der Waals surface area contributed by atoms with Gasteiger partial charge in [0.15, 0.2) is 6.10 Å². The first-order valence-corrected chi connectivity index (χ1v) is 12.8. The standard InChI is InChI=1S/C21H23N7O7S2/c1-35-21(23-16(31)15(30)10-5-3-2-4-6-10)18(34)28-14(17(32)33)11(9-36-19(21)28)12(7-8-13(22)29)37-20-24-26-27-25-20/h2-6,12,15,19,30H,7-9H2,1H3,(H2,22,29)(H,23,31)(H,32,33)(H,24,25,26,27)/t12?,15?,19-,21-/m0/s1. The number of aromatic nitrogens is 4. The molecule has 3 amide bonds. The van der Waals surface area contributed by atoms with Crippen molar-refractivity contribution in [2.75, 3.05) is 12.9 Å². The molecule has 0 aliphatic carbocycles. The van der Waals surface area contributed by atoms with Gasteiger partial charge in [-0.15, -0.1) is 16.9 Å². The maximum atomic E-state index is 13.4. The number of aromatic amines is 1. The van der Waals surface area contributed by atoms with Gasteiger partial charge in [-0.1, -0.05) is 42.1 Å². The highest BCUT2D eigenvalue weighted by atomic mass is 32.2. The average molecular weight is 550 g/mol. The first-order valence-electron chi connectivity index (χ1n) is 10.9. The molecule has 6 N–H and O–H groups in total. The minimum atomic E-state index is -1.88. The van der Waals surface area contributed by atoms with E-state index in [9.17, 15) is 29.4 Å². The minimum Gasteiger partial charge on any atom is -0.477 e. The van der Waals surface area contributed by atoms with E-state index >= 15 is 0 Å². The molecule has 3 heterocycles. The van der Waals surface area contributed by atoms with E-state index in [2.05, 4.69) is 25.9 Å². The summed E-state index contributed by atoms with van der Waals surface area (Å²) in [5.74, 6) is -3.49. The molecule has 14 nitrogen and oxygen atoms in total. The van der Waals surface area contributed by atoms with E-state index in [1.165, 1.54) is 18.9 Å². The Labute approximate surface area is 218 Å². The number of carboxylic acids is 1. The van der Waals surface area contributed by atoms with Crippen LogP contribution in [0.25, 0.3) is 0 Å². The molecule has 2 aliphatic rings. The number of β-lactam (4-membered cyclic amide) rings is 1. The summed E-state index contributed by atoms with van der Waals surface area (Å²) in [5.41, 5.74) is 3.83. The van der Waals surface area contributed by atoms with Crippen LogP contribution in [-0.2, 0) is 23.9 Å². The third kappa shape index (κ3) is 5.04. The molecule has 2 unspecified atom stereocenters. The number of ether oxygens (including phenoxy) is 1. The zero-order chi connectivity index (χ0) is 26.7. The number of benzene rings is 1. The Bertz CT molecular complexity index is 1230. The van der Waals surface area contributed by atoms with Crippen LogP contribution in [0.1, 0.15) is 24.5 Å². The second-order valence-corrected chi connectivity index (χ2v) is 10.3. The zero-order valence-electron chi connectivity index (χ0n) is 19.4. The Morgan fingerprint density at radius 2 is 2.11 bits per heavy atom. The van der Waals surface area contributed by atoms with Crippen molar-refractivity contribution in [1.29, 1.82) is 0 Å². The number of nitrogens with two attached hydrogens (primary N) is 1. The number of carbonyl (C=O) groups excluding carboxylic acids is 3. The lowest BCUT2D eigenvalue weighted by molar-refractivity contribution is -0.194. The summed E-state index contributed by atoms with van der Waals surface area (Å²) in [6, 6.07) is 8.14. The van der Waals surface area contributed by atoms with Gasteiger partial charge in [0.2, 0.25) is 11.1 Å². The summed E-state index contributed by atoms with van der Waals surface area (Å²) < 4.78 is 5.43. The smallest absolute Gasteiger partial charge is 0.352 e. The van der Waals surface area contributed by atoms with Gasteiger partial charge in [-0.25, -0.2) is 9.89 Å². The number of carbonyl (C=O) groups is 4. The number of fused-ring (bicyclic) bond motifs is 1. The number of H-pyrrole nitrogens is 1. The number of carboxylic acid groups (broad SMARTS) is 1. The van der Waals surface area contributed by atoms with Crippen molar-refractivity contribution in [1.82, 2.24) is 30.8 Å². The number of aliphatic hydroxyl groups excluding tert-OH is 1. The van der Waals surface area contributed by atoms with E-state index in [-0.39, 0.29) is 24.3 Å². The van der Waals surface area contributed by atoms with E-state index in [0.29, 0.717) is 16.3 Å². The number of aliphatic hydroxyl groups is 1. The summed E-state index contributed by atoms with van der Waals surface area (Å²) in [4.78, 5) is 51.1. The predicted molar refractivity (Wildman–Crippen MR) is 129 cm³/mol. The van der Waals surface area contributed by atoms with E-state index < -0.39 is 46.1 Å². The highest BCUT2D eigenvalue weighted by molar-refractivity contribution is 8.01. The van der Waals surface area contributed by atoms with Crippen LogP contribution in [0.4, 0.5) is 0 Å². The number of nitrogens with one attached hydrogen (secondary N) is 2. The summed E-state index contributed by atoms with van der Waals surface area (Å²) >= 11 is 2.28. The molecular weight excluding hydrogens is 526 g/mol. The maximum absolute atomic E-state index is 13.4. The van der Waals surface area contributed by atoms with Crippen molar-refractivity contribution in [3.63, 3.8) is 0 Å². The first kappa shape index (κ1) is 26.6. The van der Waals surface area contributed by atoms with Crippen LogP contribution in [0.15, 0.2) is 46.8 Å². The van der Waals surface area contributed by atoms with Crippen molar-refractivity contribution in [3.8, 4) is 0 Å². The van der Waals surface area contributed by atoms with Gasteiger partial charge in [-0.2, -0.15) is 0 Å². The molecule has 1 aromatic carbocycles. The van der Waals surface area contributed by atoms with Crippen LogP contribution in [0.5, 0.6) is 0 Å². The average Bonchev–Trinajstić information content (AvgIpc) is 3.41. The van der Waals surface area contributed by atoms with E-state index in [1.54, 1.807) is 30.3 Å². The lowest BCUT2D eigenvalue weighted by Crippen LogP contribution is -2.81. The van der Waals surface area contributed by atoms with Crippen LogP contribution < -0.4 is 11.1 Å². The predicted octanol–water partition coefficient (Wildman–Crippen LogP) is -0.628. The number of nitrogens with zero attached hydrogens (tertiary/aromatic N) is 4. The van der Waals surface area contributed by atoms with Crippen LogP contribution in [0, 0.1) is 0 Å². The second-order valence-electron chi connectivity index (χ2n) is 8.08. The molecule has 1 saturated heterocycles. The molecule has 0 saturated carbocycles. The number of tetrazole rings is 1. The highest BCUT2D eigenvalue weighted by Crippen LogP contribution is 2.49. The fourth-order valence-electron chi connectivity index (χ4n) is 4.10. The SMILES string of the molecule is CO[C@@]1(NC(=O)C(O)c2ccccc2)C(=O)N2C(C(=O)O)=C(C(CCC(N)=O)Sc3nnn[nH]3)CS[C@H]21. The molecular formula is C21H23N7O7S2. The molecule has 4 rings (SSSR count). The van der Waals surface area contributed by atoms with Gasteiger partial charge in [-0.05, 0) is 28.0 Å². The fourth-order valence-corrected chi connectivity index (χ4v) is 6.74. The molecule has 196 valence electrons. The first-order chi connectivity index (χ1) is 17.7. The van der Waals surface area contributed by atoms with E-state index in [1.807, 2.05) is 0 Å². The molecule has 4 atom stereocenters. The van der Waals surface area contributed by atoms with Gasteiger partial charge in [0, 0.05) is 24.5 Å². The highest BCUT2D eigenvalue weighted by Gasteiger charge is 2.67. The Hall–Kier alpha value is -3.47. The third-order valence-corrected chi connectivity index (χ3v) is 8.42. The number of amides is 3. The van der Waals surface area contributed by atoms with Gasteiger partial charge in [0.25, 0.3) is 17.5 Å². The molecule has 0 radical (unpaired) electrons. The van der Waals surface area contributed by atoms with Gasteiger partial charge < -0.3 is 26.0 Å². The molecule has 2 aliphatic heterocycles. The Balaban J connectivity index is 1.62. The van der Waals surface area contributed by atoms with E-state index in [4.69, 9.17) is 10.5 Å². The zero-order valence-corrected chi connectivity index (χ0v) is 21.0. The Morgan fingerprint density at radius 3 is 2.70 bits per heavy atom. The Kier molecular flexibility index (Phi) is 7.82. The number of primary amides is 1. The number of hydrogen-bond acceptors (Lipinski definition) is 11. The fraction of sp³-hybridized carbons (Fsp3) is 0.381. The monoisotopic (exact) mass is 549 g/mol. The van der Waals surface area contributed by atoms with Crippen molar-refractivity contribution in [3.05, 3.63) is 47.2 Å². The van der Waals surface area contributed by atoms with Crippen LogP contribution in [-0.4, -0.2) is 88.6 Å². The summed E-state index contributed by atoms with van der Waals surface area (Å²) in [6.07, 6.45) is -1.43. The number of methoxy groups -OCH3 is 1. The molecule has 0 spiro atoms. The van der Waals surface area contributed by atoms with Crippen molar-refractivity contribution in [2.45, 2.75) is 40.5 Å². The summed E-state index contributed by atoms with van der Waals surface area (Å²) in [7, 11) is 1.22. The van der Waals surface area contributed by atoms with Gasteiger partial charge >= 0.3 is 5.97 Å². The summed E-state index contributed by atoms with van der Waals surface area (Å²) in [6.45, 7) is 0. The number of aliphatic carboxylic acids is 1. The van der Waals surface area contributed by atoms with Gasteiger partial charge in [-0.3, -0.25) is 19.3 Å². The third-order valence-electron chi connectivity index (χ3n) is 5.88. The Morgan fingerprint density at radius 1 is 1.38 bits per heavy atom. The minimum absolute atomic E-state index is 0.0346. The van der Waals surface area contributed by atoms with Crippen molar-refractivity contribution >= 4 is 47.2 Å². The number of thioether (sulfide) groups is 2. The number of rotatable bonds is 11.